The summed E-state index contributed by atoms with van der Waals surface area (Å²) in [6, 6.07) is 8.60. The first kappa shape index (κ1) is 18.7. The molecule has 1 heterocycles. The van der Waals surface area contributed by atoms with Gasteiger partial charge in [-0.25, -0.2) is 4.79 Å². The highest BCUT2D eigenvalue weighted by atomic mass is 16.5. The van der Waals surface area contributed by atoms with Crippen molar-refractivity contribution < 1.29 is 14.3 Å². The fourth-order valence-electron chi connectivity index (χ4n) is 2.72. The molecule has 0 saturated heterocycles. The van der Waals surface area contributed by atoms with E-state index in [9.17, 15) is 9.59 Å². The number of nitrogens with zero attached hydrogens (tertiary/aromatic N) is 2. The van der Waals surface area contributed by atoms with Crippen LogP contribution in [-0.4, -0.2) is 49.1 Å². The van der Waals surface area contributed by atoms with Gasteiger partial charge in [0.05, 0.1) is 18.2 Å². The first-order valence-electron chi connectivity index (χ1n) is 8.14. The van der Waals surface area contributed by atoms with Crippen molar-refractivity contribution in [3.05, 3.63) is 52.8 Å². The van der Waals surface area contributed by atoms with Crippen molar-refractivity contribution in [1.29, 1.82) is 0 Å². The van der Waals surface area contributed by atoms with Gasteiger partial charge in [-0.05, 0) is 52.2 Å². The third-order valence-electron chi connectivity index (χ3n) is 4.13. The average Bonchev–Trinajstić information content (AvgIpc) is 2.86. The van der Waals surface area contributed by atoms with Gasteiger partial charge in [-0.3, -0.25) is 4.79 Å². The predicted molar refractivity (Wildman–Crippen MR) is 98.2 cm³/mol. The largest absolute Gasteiger partial charge is 0.465 e. The Hall–Kier alpha value is -2.60. The number of carbonyl (C=O) groups is 2. The van der Waals surface area contributed by atoms with E-state index in [1.54, 1.807) is 24.3 Å². The molecular formula is C19H25N3O3. The SMILES string of the molecule is COC(=O)c1cccc(NC(=O)c2cc(C)n(CCN(C)C)c2C)c1. The van der Waals surface area contributed by atoms with E-state index >= 15 is 0 Å². The van der Waals surface area contributed by atoms with Crippen LogP contribution in [0.15, 0.2) is 30.3 Å². The van der Waals surface area contributed by atoms with Gasteiger partial charge in [0.2, 0.25) is 0 Å². The van der Waals surface area contributed by atoms with Crippen molar-refractivity contribution >= 4 is 17.6 Å². The summed E-state index contributed by atoms with van der Waals surface area (Å²) in [6.07, 6.45) is 0. The number of amides is 1. The monoisotopic (exact) mass is 343 g/mol. The molecule has 2 rings (SSSR count). The number of aromatic nitrogens is 1. The molecule has 1 aromatic carbocycles. The minimum atomic E-state index is -0.432. The van der Waals surface area contributed by atoms with Crippen molar-refractivity contribution in [3.63, 3.8) is 0 Å². The standard InChI is InChI=1S/C19H25N3O3/c1-13-11-17(14(2)22(13)10-9-21(3)4)18(23)20-16-8-6-7-15(12-16)19(24)25-5/h6-8,11-12H,9-10H2,1-5H3,(H,20,23). The first-order valence-corrected chi connectivity index (χ1v) is 8.14. The van der Waals surface area contributed by atoms with Crippen molar-refractivity contribution in [2.24, 2.45) is 0 Å². The molecule has 6 heteroatoms. The molecule has 6 nitrogen and oxygen atoms in total. The summed E-state index contributed by atoms with van der Waals surface area (Å²) >= 11 is 0. The molecule has 0 aliphatic heterocycles. The summed E-state index contributed by atoms with van der Waals surface area (Å²) < 4.78 is 6.84. The molecule has 134 valence electrons. The third kappa shape index (κ3) is 4.48. The van der Waals surface area contributed by atoms with E-state index in [0.29, 0.717) is 16.8 Å². The number of methoxy groups -OCH3 is 1. The summed E-state index contributed by atoms with van der Waals surface area (Å²) in [4.78, 5) is 26.4. The van der Waals surface area contributed by atoms with Crippen LogP contribution in [0.3, 0.4) is 0 Å². The maximum atomic E-state index is 12.6. The minimum Gasteiger partial charge on any atom is -0.465 e. The summed E-state index contributed by atoms with van der Waals surface area (Å²) in [6.45, 7) is 5.67. The molecule has 0 atom stereocenters. The number of carbonyl (C=O) groups excluding carboxylic acids is 2. The molecule has 0 fully saturated rings. The molecule has 1 amide bonds. The Balaban J connectivity index is 2.19. The number of benzene rings is 1. The molecule has 2 aromatic rings. The molecule has 0 radical (unpaired) electrons. The zero-order chi connectivity index (χ0) is 18.6. The summed E-state index contributed by atoms with van der Waals surface area (Å²) in [5.74, 6) is -0.621. The van der Waals surface area contributed by atoms with Gasteiger partial charge in [0.25, 0.3) is 5.91 Å². The van der Waals surface area contributed by atoms with Gasteiger partial charge in [-0.15, -0.1) is 0 Å². The van der Waals surface area contributed by atoms with Gasteiger partial charge >= 0.3 is 5.97 Å². The van der Waals surface area contributed by atoms with E-state index in [-0.39, 0.29) is 5.91 Å². The fourth-order valence-corrected chi connectivity index (χ4v) is 2.72. The van der Waals surface area contributed by atoms with Gasteiger partial charge < -0.3 is 19.5 Å². The second-order valence-electron chi connectivity index (χ2n) is 6.27. The number of anilines is 1. The highest BCUT2D eigenvalue weighted by Crippen LogP contribution is 2.18. The van der Waals surface area contributed by atoms with E-state index in [1.165, 1.54) is 7.11 Å². The fraction of sp³-hybridized carbons (Fsp3) is 0.368. The van der Waals surface area contributed by atoms with Crippen molar-refractivity contribution in [3.8, 4) is 0 Å². The smallest absolute Gasteiger partial charge is 0.337 e. The minimum absolute atomic E-state index is 0.189. The van der Waals surface area contributed by atoms with Crippen molar-refractivity contribution in [2.45, 2.75) is 20.4 Å². The Kier molecular flexibility index (Phi) is 5.98. The first-order chi connectivity index (χ1) is 11.8. The van der Waals surface area contributed by atoms with Gasteiger partial charge in [0.15, 0.2) is 0 Å². The lowest BCUT2D eigenvalue weighted by molar-refractivity contribution is 0.0600. The van der Waals surface area contributed by atoms with Crippen molar-refractivity contribution in [2.75, 3.05) is 33.1 Å². The van der Waals surface area contributed by atoms with E-state index in [0.717, 1.165) is 24.5 Å². The van der Waals surface area contributed by atoms with Crippen LogP contribution in [0.4, 0.5) is 5.69 Å². The number of aryl methyl sites for hydroxylation is 1. The second-order valence-corrected chi connectivity index (χ2v) is 6.27. The molecule has 0 spiro atoms. The lowest BCUT2D eigenvalue weighted by Gasteiger charge is -2.14. The lowest BCUT2D eigenvalue weighted by Crippen LogP contribution is -2.20. The molecule has 25 heavy (non-hydrogen) atoms. The normalized spacial score (nSPS) is 10.8. The summed E-state index contributed by atoms with van der Waals surface area (Å²) in [5.41, 5.74) is 3.58. The van der Waals surface area contributed by atoms with Crippen LogP contribution in [0.1, 0.15) is 32.1 Å². The van der Waals surface area contributed by atoms with Crippen LogP contribution in [0.25, 0.3) is 0 Å². The highest BCUT2D eigenvalue weighted by molar-refractivity contribution is 6.05. The second kappa shape index (κ2) is 7.98. The number of ether oxygens (including phenoxy) is 1. The van der Waals surface area contributed by atoms with E-state index < -0.39 is 5.97 Å². The van der Waals surface area contributed by atoms with Gasteiger partial charge in [-0.2, -0.15) is 0 Å². The number of esters is 1. The van der Waals surface area contributed by atoms with Crippen LogP contribution in [0.2, 0.25) is 0 Å². The number of likely N-dealkylation sites (N-methyl/N-ethyl adjacent to an activating group) is 1. The molecule has 1 N–H and O–H groups in total. The number of hydrogen-bond donors (Lipinski definition) is 1. The zero-order valence-electron chi connectivity index (χ0n) is 15.4. The quantitative estimate of drug-likeness (QED) is 0.819. The highest BCUT2D eigenvalue weighted by Gasteiger charge is 2.16. The van der Waals surface area contributed by atoms with Crippen molar-refractivity contribution in [1.82, 2.24) is 9.47 Å². The molecule has 0 aliphatic carbocycles. The molecule has 0 bridgehead atoms. The van der Waals surface area contributed by atoms with Gasteiger partial charge in [0, 0.05) is 30.2 Å². The Labute approximate surface area is 148 Å². The number of hydrogen-bond acceptors (Lipinski definition) is 4. The zero-order valence-corrected chi connectivity index (χ0v) is 15.4. The van der Waals surface area contributed by atoms with Crippen LogP contribution in [0, 0.1) is 13.8 Å². The lowest BCUT2D eigenvalue weighted by atomic mass is 10.2. The van der Waals surface area contributed by atoms with E-state index in [4.69, 9.17) is 4.74 Å². The maximum absolute atomic E-state index is 12.6. The van der Waals surface area contributed by atoms with Crippen LogP contribution >= 0.6 is 0 Å². The Morgan fingerprint density at radius 3 is 2.56 bits per heavy atom. The topological polar surface area (TPSA) is 63.6 Å². The van der Waals surface area contributed by atoms with E-state index in [1.807, 2.05) is 34.0 Å². The molecule has 0 saturated carbocycles. The maximum Gasteiger partial charge on any atom is 0.337 e. The van der Waals surface area contributed by atoms with Gasteiger partial charge in [-0.1, -0.05) is 6.07 Å². The Bertz CT molecular complexity index is 778. The molecule has 0 unspecified atom stereocenters. The number of rotatable bonds is 6. The molecular weight excluding hydrogens is 318 g/mol. The Morgan fingerprint density at radius 1 is 1.20 bits per heavy atom. The predicted octanol–water partition coefficient (Wildman–Crippen LogP) is 2.71. The number of nitrogens with one attached hydrogen (secondary N) is 1. The van der Waals surface area contributed by atoms with E-state index in [2.05, 4.69) is 14.8 Å². The molecule has 0 aliphatic rings. The third-order valence-corrected chi connectivity index (χ3v) is 4.13. The summed E-state index contributed by atoms with van der Waals surface area (Å²) in [5, 5.41) is 2.85. The van der Waals surface area contributed by atoms with Gasteiger partial charge in [0.1, 0.15) is 0 Å². The van der Waals surface area contributed by atoms with Crippen LogP contribution in [0.5, 0.6) is 0 Å². The summed E-state index contributed by atoms with van der Waals surface area (Å²) in [7, 11) is 5.38. The average molecular weight is 343 g/mol. The van der Waals surface area contributed by atoms with Crippen LogP contribution < -0.4 is 5.32 Å². The molecule has 1 aromatic heterocycles. The van der Waals surface area contributed by atoms with Crippen LogP contribution in [-0.2, 0) is 11.3 Å². The Morgan fingerprint density at radius 2 is 1.92 bits per heavy atom.